The standard InChI is InChI=1S/C24H20F3NO3/c1-31-23(30)21(28-22(29)19-8-5-9-20(15-19)24(25,26)27)14-16-10-12-18(13-11-16)17-6-3-2-4-7-17/h2-13,15,21H,14H2,1H3,(H,28,29)/t21-/m0/s1. The van der Waals surface area contributed by atoms with Gasteiger partial charge in [0.15, 0.2) is 0 Å². The lowest BCUT2D eigenvalue weighted by molar-refractivity contribution is -0.143. The molecule has 0 saturated carbocycles. The molecular weight excluding hydrogens is 407 g/mol. The first-order valence-electron chi connectivity index (χ1n) is 9.48. The molecule has 0 spiro atoms. The molecule has 7 heteroatoms. The second kappa shape index (κ2) is 9.47. The molecule has 160 valence electrons. The van der Waals surface area contributed by atoms with Crippen molar-refractivity contribution in [1.82, 2.24) is 5.32 Å². The molecule has 1 N–H and O–H groups in total. The van der Waals surface area contributed by atoms with Gasteiger partial charge in [-0.1, -0.05) is 60.7 Å². The monoisotopic (exact) mass is 427 g/mol. The first-order valence-corrected chi connectivity index (χ1v) is 9.48. The van der Waals surface area contributed by atoms with Crippen LogP contribution in [0, 0.1) is 0 Å². The third-order valence-corrected chi connectivity index (χ3v) is 4.74. The van der Waals surface area contributed by atoms with E-state index in [-0.39, 0.29) is 12.0 Å². The van der Waals surface area contributed by atoms with Gasteiger partial charge in [0, 0.05) is 12.0 Å². The number of benzene rings is 3. The molecule has 3 aromatic carbocycles. The van der Waals surface area contributed by atoms with E-state index >= 15 is 0 Å². The van der Waals surface area contributed by atoms with Gasteiger partial charge in [0.2, 0.25) is 0 Å². The third kappa shape index (κ3) is 5.72. The SMILES string of the molecule is COC(=O)[C@H](Cc1ccc(-c2ccccc2)cc1)NC(=O)c1cccc(C(F)(F)F)c1. The molecule has 0 aliphatic carbocycles. The molecule has 1 atom stereocenters. The van der Waals surface area contributed by atoms with Crippen LogP contribution in [0.25, 0.3) is 11.1 Å². The minimum absolute atomic E-state index is 0.131. The van der Waals surface area contributed by atoms with E-state index in [2.05, 4.69) is 5.32 Å². The fourth-order valence-corrected chi connectivity index (χ4v) is 3.11. The number of halogens is 3. The predicted molar refractivity (Wildman–Crippen MR) is 110 cm³/mol. The van der Waals surface area contributed by atoms with E-state index in [1.807, 2.05) is 54.6 Å². The van der Waals surface area contributed by atoms with Crippen molar-refractivity contribution in [3.63, 3.8) is 0 Å². The molecule has 0 aliphatic heterocycles. The van der Waals surface area contributed by atoms with Gasteiger partial charge in [-0.15, -0.1) is 0 Å². The van der Waals surface area contributed by atoms with Crippen molar-refractivity contribution in [3.05, 3.63) is 95.6 Å². The summed E-state index contributed by atoms with van der Waals surface area (Å²) >= 11 is 0. The van der Waals surface area contributed by atoms with Crippen LogP contribution in [0.15, 0.2) is 78.9 Å². The van der Waals surface area contributed by atoms with Crippen molar-refractivity contribution in [2.24, 2.45) is 0 Å². The van der Waals surface area contributed by atoms with Crippen LogP contribution < -0.4 is 5.32 Å². The number of methoxy groups -OCH3 is 1. The van der Waals surface area contributed by atoms with E-state index in [0.717, 1.165) is 34.9 Å². The van der Waals surface area contributed by atoms with E-state index in [0.29, 0.717) is 0 Å². The summed E-state index contributed by atoms with van der Waals surface area (Å²) in [6.07, 6.45) is -4.44. The van der Waals surface area contributed by atoms with E-state index < -0.39 is 29.7 Å². The zero-order chi connectivity index (χ0) is 22.4. The lowest BCUT2D eigenvalue weighted by Gasteiger charge is -2.17. The summed E-state index contributed by atoms with van der Waals surface area (Å²) < 4.78 is 43.5. The molecule has 0 radical (unpaired) electrons. The van der Waals surface area contributed by atoms with Gasteiger partial charge in [-0.2, -0.15) is 13.2 Å². The molecule has 3 rings (SSSR count). The summed E-state index contributed by atoms with van der Waals surface area (Å²) in [6, 6.07) is 20.2. The Kier molecular flexibility index (Phi) is 6.74. The minimum atomic E-state index is -4.57. The van der Waals surface area contributed by atoms with Crippen molar-refractivity contribution in [3.8, 4) is 11.1 Å². The highest BCUT2D eigenvalue weighted by Crippen LogP contribution is 2.29. The number of hydrogen-bond donors (Lipinski definition) is 1. The van der Waals surface area contributed by atoms with Crippen LogP contribution in [0.4, 0.5) is 13.2 Å². The summed E-state index contributed by atoms with van der Waals surface area (Å²) in [6.45, 7) is 0. The lowest BCUT2D eigenvalue weighted by atomic mass is 10.0. The van der Waals surface area contributed by atoms with Crippen LogP contribution >= 0.6 is 0 Å². The molecule has 0 aliphatic rings. The summed E-state index contributed by atoms with van der Waals surface area (Å²) in [5.41, 5.74) is 1.66. The molecule has 0 unspecified atom stereocenters. The van der Waals surface area contributed by atoms with E-state index in [4.69, 9.17) is 4.74 Å². The number of alkyl halides is 3. The van der Waals surface area contributed by atoms with Gasteiger partial charge in [0.05, 0.1) is 12.7 Å². The zero-order valence-corrected chi connectivity index (χ0v) is 16.6. The zero-order valence-electron chi connectivity index (χ0n) is 16.6. The molecule has 4 nitrogen and oxygen atoms in total. The quantitative estimate of drug-likeness (QED) is 0.570. The third-order valence-electron chi connectivity index (χ3n) is 4.74. The maximum Gasteiger partial charge on any atom is 0.416 e. The Morgan fingerprint density at radius 2 is 1.55 bits per heavy atom. The first kappa shape index (κ1) is 22.1. The average Bonchev–Trinajstić information content (AvgIpc) is 2.78. The van der Waals surface area contributed by atoms with Gasteiger partial charge in [-0.05, 0) is 34.9 Å². The summed E-state index contributed by atoms with van der Waals surface area (Å²) in [5.74, 6) is -1.48. The van der Waals surface area contributed by atoms with E-state index in [1.54, 1.807) is 0 Å². The largest absolute Gasteiger partial charge is 0.467 e. The molecule has 0 fully saturated rings. The number of nitrogens with one attached hydrogen (secondary N) is 1. The van der Waals surface area contributed by atoms with Crippen molar-refractivity contribution in [2.75, 3.05) is 7.11 Å². The number of hydrogen-bond acceptors (Lipinski definition) is 3. The summed E-state index contributed by atoms with van der Waals surface area (Å²) in [5, 5.41) is 2.48. The number of carbonyl (C=O) groups is 2. The lowest BCUT2D eigenvalue weighted by Crippen LogP contribution is -2.43. The Balaban J connectivity index is 1.75. The number of amides is 1. The maximum atomic E-state index is 12.9. The Morgan fingerprint density at radius 1 is 0.903 bits per heavy atom. The smallest absolute Gasteiger partial charge is 0.416 e. The second-order valence-electron chi connectivity index (χ2n) is 6.89. The van der Waals surface area contributed by atoms with Crippen LogP contribution in [0.1, 0.15) is 21.5 Å². The van der Waals surface area contributed by atoms with Crippen LogP contribution in [0.5, 0.6) is 0 Å². The van der Waals surface area contributed by atoms with Gasteiger partial charge in [0.1, 0.15) is 6.04 Å². The number of rotatable bonds is 6. The maximum absolute atomic E-state index is 12.9. The fourth-order valence-electron chi connectivity index (χ4n) is 3.11. The highest BCUT2D eigenvalue weighted by molar-refractivity contribution is 5.97. The Bertz CT molecular complexity index is 1050. The second-order valence-corrected chi connectivity index (χ2v) is 6.89. The van der Waals surface area contributed by atoms with Gasteiger partial charge >= 0.3 is 12.1 Å². The molecule has 3 aromatic rings. The molecule has 0 bridgehead atoms. The van der Waals surface area contributed by atoms with Gasteiger partial charge < -0.3 is 10.1 Å². The number of carbonyl (C=O) groups excluding carboxylic acids is 2. The van der Waals surface area contributed by atoms with Crippen molar-refractivity contribution >= 4 is 11.9 Å². The molecule has 31 heavy (non-hydrogen) atoms. The highest BCUT2D eigenvalue weighted by atomic mass is 19.4. The molecule has 0 aromatic heterocycles. The van der Waals surface area contributed by atoms with Gasteiger partial charge in [-0.3, -0.25) is 4.79 Å². The van der Waals surface area contributed by atoms with Crippen molar-refractivity contribution in [2.45, 2.75) is 18.6 Å². The van der Waals surface area contributed by atoms with Crippen LogP contribution in [0.2, 0.25) is 0 Å². The van der Waals surface area contributed by atoms with Crippen molar-refractivity contribution in [1.29, 1.82) is 0 Å². The molecule has 0 heterocycles. The Morgan fingerprint density at radius 3 is 2.16 bits per heavy atom. The summed E-state index contributed by atoms with van der Waals surface area (Å²) in [4.78, 5) is 24.7. The van der Waals surface area contributed by atoms with Crippen LogP contribution in [-0.2, 0) is 22.1 Å². The summed E-state index contributed by atoms with van der Waals surface area (Å²) in [7, 11) is 1.18. The van der Waals surface area contributed by atoms with Crippen LogP contribution in [0.3, 0.4) is 0 Å². The highest BCUT2D eigenvalue weighted by Gasteiger charge is 2.31. The number of esters is 1. The van der Waals surface area contributed by atoms with E-state index in [1.165, 1.54) is 13.2 Å². The molecule has 1 amide bonds. The van der Waals surface area contributed by atoms with Crippen molar-refractivity contribution < 1.29 is 27.5 Å². The minimum Gasteiger partial charge on any atom is -0.467 e. The van der Waals surface area contributed by atoms with E-state index in [9.17, 15) is 22.8 Å². The Hall–Kier alpha value is -3.61. The average molecular weight is 427 g/mol. The normalized spacial score (nSPS) is 12.1. The number of ether oxygens (including phenoxy) is 1. The van der Waals surface area contributed by atoms with Gasteiger partial charge in [0.25, 0.3) is 5.91 Å². The van der Waals surface area contributed by atoms with Gasteiger partial charge in [-0.25, -0.2) is 4.79 Å². The first-order chi connectivity index (χ1) is 14.8. The molecular formula is C24H20F3NO3. The fraction of sp³-hybridized carbons (Fsp3) is 0.167. The van der Waals surface area contributed by atoms with Crippen LogP contribution in [-0.4, -0.2) is 25.0 Å². The Labute approximate surface area is 177 Å². The molecule has 0 saturated heterocycles. The predicted octanol–water partition coefficient (Wildman–Crippen LogP) is 4.89. The topological polar surface area (TPSA) is 55.4 Å².